The maximum Gasteiger partial charge on any atom is 0.251 e. The summed E-state index contributed by atoms with van der Waals surface area (Å²) in [5, 5.41) is 3.22. The Morgan fingerprint density at radius 1 is 1.22 bits per heavy atom. The molecule has 0 unspecified atom stereocenters. The van der Waals surface area contributed by atoms with E-state index in [1.165, 1.54) is 5.56 Å². The number of carbonyl (C=O) groups excluding carboxylic acids is 1. The summed E-state index contributed by atoms with van der Waals surface area (Å²) in [4.78, 5) is 22.5. The van der Waals surface area contributed by atoms with Gasteiger partial charge >= 0.3 is 0 Å². The predicted molar refractivity (Wildman–Crippen MR) is 105 cm³/mol. The number of aryl methyl sites for hydroxylation is 1. The number of benzene rings is 2. The van der Waals surface area contributed by atoms with Gasteiger partial charge in [0.05, 0.1) is 36.6 Å². The summed E-state index contributed by atoms with van der Waals surface area (Å²) in [6, 6.07) is 13.8. The Morgan fingerprint density at radius 2 is 2.00 bits per heavy atom. The van der Waals surface area contributed by atoms with E-state index in [0.29, 0.717) is 5.56 Å². The number of aromatic nitrogens is 2. The number of fused-ring (bicyclic) bond motifs is 1. The molecule has 1 saturated heterocycles. The Hall–Kier alpha value is -2.70. The van der Waals surface area contributed by atoms with Crippen LogP contribution >= 0.6 is 0 Å². The molecule has 1 aliphatic rings. The quantitative estimate of drug-likeness (QED) is 0.730. The number of nitrogens with zero attached hydrogens (tertiary/aromatic N) is 2. The second-order valence-corrected chi connectivity index (χ2v) is 6.98. The summed E-state index contributed by atoms with van der Waals surface area (Å²) in [5.74, 6) is -0.0784. The number of nitrogens with one attached hydrogen (secondary N) is 2. The van der Waals surface area contributed by atoms with E-state index >= 15 is 0 Å². The number of imidazole rings is 1. The molecule has 1 aliphatic heterocycles. The highest BCUT2D eigenvalue weighted by molar-refractivity contribution is 5.97. The summed E-state index contributed by atoms with van der Waals surface area (Å²) in [6.07, 6.45) is 1.64. The van der Waals surface area contributed by atoms with Crippen LogP contribution in [-0.2, 0) is 4.74 Å². The Morgan fingerprint density at radius 3 is 2.78 bits per heavy atom. The van der Waals surface area contributed by atoms with Crippen molar-refractivity contribution in [2.75, 3.05) is 32.8 Å². The number of hydrogen-bond donors (Lipinski definition) is 2. The number of morpholine rings is 1. The second-order valence-electron chi connectivity index (χ2n) is 6.98. The van der Waals surface area contributed by atoms with Gasteiger partial charge in [-0.1, -0.05) is 29.8 Å². The molecule has 1 atom stereocenters. The van der Waals surface area contributed by atoms with Gasteiger partial charge in [0.25, 0.3) is 5.91 Å². The third-order valence-corrected chi connectivity index (χ3v) is 5.01. The molecule has 3 aromatic rings. The summed E-state index contributed by atoms with van der Waals surface area (Å²) < 4.78 is 5.45. The Kier molecular flexibility index (Phi) is 5.18. The third-order valence-electron chi connectivity index (χ3n) is 5.01. The van der Waals surface area contributed by atoms with Crippen LogP contribution < -0.4 is 5.32 Å². The van der Waals surface area contributed by atoms with Crippen molar-refractivity contribution in [2.45, 2.75) is 13.0 Å². The SMILES string of the molecule is Cc1ccc([C@@H](CN2CCOCC2)NC(=O)c2ccc3nc[nH]c3c2)cc1. The van der Waals surface area contributed by atoms with Crippen molar-refractivity contribution in [2.24, 2.45) is 0 Å². The van der Waals surface area contributed by atoms with Gasteiger partial charge in [0.2, 0.25) is 0 Å². The minimum absolute atomic E-state index is 0.0753. The minimum Gasteiger partial charge on any atom is -0.379 e. The lowest BCUT2D eigenvalue weighted by Crippen LogP contribution is -2.43. The van der Waals surface area contributed by atoms with Gasteiger partial charge < -0.3 is 15.0 Å². The molecule has 0 radical (unpaired) electrons. The summed E-state index contributed by atoms with van der Waals surface area (Å²) in [7, 11) is 0. The number of aromatic amines is 1. The average Bonchev–Trinajstić information content (AvgIpc) is 3.16. The van der Waals surface area contributed by atoms with E-state index in [9.17, 15) is 4.79 Å². The molecule has 2 N–H and O–H groups in total. The highest BCUT2D eigenvalue weighted by Crippen LogP contribution is 2.18. The fourth-order valence-electron chi connectivity index (χ4n) is 3.39. The van der Waals surface area contributed by atoms with Crippen LogP contribution in [0.1, 0.15) is 27.5 Å². The minimum atomic E-state index is -0.0784. The molecular weight excluding hydrogens is 340 g/mol. The van der Waals surface area contributed by atoms with Crippen molar-refractivity contribution in [3.05, 3.63) is 65.5 Å². The first-order valence-corrected chi connectivity index (χ1v) is 9.30. The summed E-state index contributed by atoms with van der Waals surface area (Å²) >= 11 is 0. The van der Waals surface area contributed by atoms with E-state index in [1.807, 2.05) is 18.2 Å². The second kappa shape index (κ2) is 7.90. The third kappa shape index (κ3) is 4.18. The van der Waals surface area contributed by atoms with E-state index in [-0.39, 0.29) is 11.9 Å². The first kappa shape index (κ1) is 17.7. The molecule has 0 bridgehead atoms. The highest BCUT2D eigenvalue weighted by Gasteiger charge is 2.21. The number of ether oxygens (including phenoxy) is 1. The van der Waals surface area contributed by atoms with Gasteiger partial charge in [-0.25, -0.2) is 4.98 Å². The van der Waals surface area contributed by atoms with Gasteiger partial charge in [-0.15, -0.1) is 0 Å². The molecule has 1 aromatic heterocycles. The van der Waals surface area contributed by atoms with Crippen molar-refractivity contribution in [3.8, 4) is 0 Å². The first-order chi connectivity index (χ1) is 13.2. The number of amides is 1. The van der Waals surface area contributed by atoms with E-state index in [0.717, 1.165) is 49.4 Å². The lowest BCUT2D eigenvalue weighted by Gasteiger charge is -2.31. The van der Waals surface area contributed by atoms with Crippen LogP contribution in [0, 0.1) is 6.92 Å². The Bertz CT molecular complexity index is 913. The molecule has 0 aliphatic carbocycles. The standard InChI is InChI=1S/C21H24N4O2/c1-15-2-4-16(5-3-15)20(13-25-8-10-27-11-9-25)24-21(26)17-6-7-18-19(12-17)23-14-22-18/h2-7,12,14,20H,8-11,13H2,1H3,(H,22,23)(H,24,26)/t20-/m1/s1. The zero-order valence-electron chi connectivity index (χ0n) is 15.4. The van der Waals surface area contributed by atoms with Crippen molar-refractivity contribution in [1.29, 1.82) is 0 Å². The number of hydrogen-bond acceptors (Lipinski definition) is 4. The van der Waals surface area contributed by atoms with Crippen LogP contribution in [0.3, 0.4) is 0 Å². The fourth-order valence-corrected chi connectivity index (χ4v) is 3.39. The molecular formula is C21H24N4O2. The zero-order chi connectivity index (χ0) is 18.6. The zero-order valence-corrected chi connectivity index (χ0v) is 15.4. The van der Waals surface area contributed by atoms with Crippen LogP contribution in [0.5, 0.6) is 0 Å². The lowest BCUT2D eigenvalue weighted by atomic mass is 10.0. The van der Waals surface area contributed by atoms with Crippen LogP contribution in [0.25, 0.3) is 11.0 Å². The predicted octanol–water partition coefficient (Wildman–Crippen LogP) is 2.67. The Labute approximate surface area is 158 Å². The maximum atomic E-state index is 12.9. The maximum absolute atomic E-state index is 12.9. The molecule has 27 heavy (non-hydrogen) atoms. The number of carbonyl (C=O) groups is 1. The van der Waals surface area contributed by atoms with Gasteiger partial charge in [-0.2, -0.15) is 0 Å². The van der Waals surface area contributed by atoms with Gasteiger partial charge in [-0.3, -0.25) is 9.69 Å². The van der Waals surface area contributed by atoms with Crippen LogP contribution in [0.2, 0.25) is 0 Å². The normalized spacial score (nSPS) is 16.3. The van der Waals surface area contributed by atoms with Crippen LogP contribution in [-0.4, -0.2) is 53.6 Å². The molecule has 1 amide bonds. The summed E-state index contributed by atoms with van der Waals surface area (Å²) in [5.41, 5.74) is 4.67. The number of rotatable bonds is 5. The van der Waals surface area contributed by atoms with E-state index in [4.69, 9.17) is 4.74 Å². The van der Waals surface area contributed by atoms with E-state index in [2.05, 4.69) is 51.4 Å². The van der Waals surface area contributed by atoms with Gasteiger partial charge in [0.1, 0.15) is 0 Å². The highest BCUT2D eigenvalue weighted by atomic mass is 16.5. The molecule has 2 aromatic carbocycles. The topological polar surface area (TPSA) is 70.2 Å². The van der Waals surface area contributed by atoms with Gasteiger partial charge in [0.15, 0.2) is 0 Å². The fraction of sp³-hybridized carbons (Fsp3) is 0.333. The monoisotopic (exact) mass is 364 g/mol. The van der Waals surface area contributed by atoms with Crippen molar-refractivity contribution in [3.63, 3.8) is 0 Å². The first-order valence-electron chi connectivity index (χ1n) is 9.30. The summed E-state index contributed by atoms with van der Waals surface area (Å²) in [6.45, 7) is 6.09. The largest absolute Gasteiger partial charge is 0.379 e. The molecule has 0 saturated carbocycles. The van der Waals surface area contributed by atoms with E-state index in [1.54, 1.807) is 6.33 Å². The molecule has 6 nitrogen and oxygen atoms in total. The lowest BCUT2D eigenvalue weighted by molar-refractivity contribution is 0.0332. The Balaban J connectivity index is 1.54. The molecule has 0 spiro atoms. The molecule has 6 heteroatoms. The molecule has 4 rings (SSSR count). The molecule has 140 valence electrons. The average molecular weight is 364 g/mol. The van der Waals surface area contributed by atoms with Crippen LogP contribution in [0.4, 0.5) is 0 Å². The van der Waals surface area contributed by atoms with Gasteiger partial charge in [-0.05, 0) is 30.7 Å². The van der Waals surface area contributed by atoms with E-state index < -0.39 is 0 Å². The van der Waals surface area contributed by atoms with Crippen molar-refractivity contribution in [1.82, 2.24) is 20.2 Å². The molecule has 2 heterocycles. The van der Waals surface area contributed by atoms with Crippen molar-refractivity contribution < 1.29 is 9.53 Å². The van der Waals surface area contributed by atoms with Crippen LogP contribution in [0.15, 0.2) is 48.8 Å². The van der Waals surface area contributed by atoms with Gasteiger partial charge in [0, 0.05) is 25.2 Å². The smallest absolute Gasteiger partial charge is 0.251 e. The number of H-pyrrole nitrogens is 1. The van der Waals surface area contributed by atoms with Crippen molar-refractivity contribution >= 4 is 16.9 Å². The molecule has 1 fully saturated rings.